The highest BCUT2D eigenvalue weighted by atomic mass is 16.2. The van der Waals surface area contributed by atoms with E-state index in [1.807, 2.05) is 24.3 Å². The van der Waals surface area contributed by atoms with Crippen molar-refractivity contribution < 1.29 is 9.59 Å². The van der Waals surface area contributed by atoms with Gasteiger partial charge in [0.1, 0.15) is 0 Å². The van der Waals surface area contributed by atoms with Crippen LogP contribution in [0.1, 0.15) is 29.8 Å². The highest BCUT2D eigenvalue weighted by Gasteiger charge is 2.07. The van der Waals surface area contributed by atoms with Crippen molar-refractivity contribution in [2.75, 3.05) is 24.5 Å². The van der Waals surface area contributed by atoms with Crippen LogP contribution in [0.3, 0.4) is 0 Å². The average molecular weight is 353 g/mol. The summed E-state index contributed by atoms with van der Waals surface area (Å²) in [5.74, 6) is -0.762. The summed E-state index contributed by atoms with van der Waals surface area (Å²) < 4.78 is 0. The molecule has 136 valence electrons. The summed E-state index contributed by atoms with van der Waals surface area (Å²) in [6, 6.07) is 11.2. The van der Waals surface area contributed by atoms with Crippen molar-refractivity contribution in [1.29, 1.82) is 0 Å². The number of nitrogens with zero attached hydrogens (tertiary/aromatic N) is 3. The second-order valence-corrected chi connectivity index (χ2v) is 5.48. The highest BCUT2D eigenvalue weighted by molar-refractivity contribution is 5.96. The van der Waals surface area contributed by atoms with E-state index in [4.69, 9.17) is 0 Å². The van der Waals surface area contributed by atoms with Gasteiger partial charge in [0.05, 0.1) is 18.3 Å². The number of rotatable bonds is 8. The molecule has 7 nitrogen and oxygen atoms in total. The van der Waals surface area contributed by atoms with Crippen LogP contribution in [0.5, 0.6) is 0 Å². The fourth-order valence-corrected chi connectivity index (χ4v) is 2.34. The number of hydrogen-bond acceptors (Lipinski definition) is 5. The van der Waals surface area contributed by atoms with E-state index in [2.05, 4.69) is 39.6 Å². The average Bonchev–Trinajstić information content (AvgIpc) is 2.69. The number of carbonyl (C=O) groups is 2. The van der Waals surface area contributed by atoms with E-state index in [-0.39, 0.29) is 12.5 Å². The first-order chi connectivity index (χ1) is 12.6. The van der Waals surface area contributed by atoms with E-state index >= 15 is 0 Å². The van der Waals surface area contributed by atoms with E-state index in [0.717, 1.165) is 24.3 Å². The normalized spacial score (nSPS) is 10.5. The second kappa shape index (κ2) is 9.93. The van der Waals surface area contributed by atoms with Crippen LogP contribution in [0.15, 0.2) is 53.9 Å². The summed E-state index contributed by atoms with van der Waals surface area (Å²) in [6.45, 7) is 5.96. The predicted octanol–water partition coefficient (Wildman–Crippen LogP) is 1.81. The topological polar surface area (TPSA) is 86.7 Å². The summed E-state index contributed by atoms with van der Waals surface area (Å²) in [4.78, 5) is 29.6. The lowest BCUT2D eigenvalue weighted by Gasteiger charge is -2.20. The third-order valence-electron chi connectivity index (χ3n) is 3.76. The van der Waals surface area contributed by atoms with Gasteiger partial charge in [0.25, 0.3) is 11.8 Å². The first-order valence-corrected chi connectivity index (χ1v) is 8.49. The maximum atomic E-state index is 11.8. The van der Waals surface area contributed by atoms with Crippen molar-refractivity contribution in [2.24, 2.45) is 5.10 Å². The Morgan fingerprint density at radius 2 is 1.88 bits per heavy atom. The number of aromatic nitrogens is 1. The summed E-state index contributed by atoms with van der Waals surface area (Å²) in [5.41, 5.74) is 4.81. The number of carbonyl (C=O) groups excluding carboxylic acids is 2. The van der Waals surface area contributed by atoms with Gasteiger partial charge in [-0.25, -0.2) is 5.43 Å². The molecule has 0 aliphatic rings. The van der Waals surface area contributed by atoms with Crippen LogP contribution in [0.4, 0.5) is 5.69 Å². The molecule has 0 fully saturated rings. The van der Waals surface area contributed by atoms with Crippen molar-refractivity contribution in [2.45, 2.75) is 13.8 Å². The predicted molar refractivity (Wildman–Crippen MR) is 102 cm³/mol. The zero-order chi connectivity index (χ0) is 18.8. The fourth-order valence-electron chi connectivity index (χ4n) is 2.34. The molecule has 0 saturated heterocycles. The van der Waals surface area contributed by atoms with Gasteiger partial charge in [0, 0.05) is 31.2 Å². The van der Waals surface area contributed by atoms with Crippen LogP contribution in [-0.2, 0) is 4.79 Å². The molecule has 1 aromatic carbocycles. The Labute approximate surface area is 153 Å². The van der Waals surface area contributed by atoms with Crippen molar-refractivity contribution in [3.05, 3.63) is 59.9 Å². The number of amides is 2. The van der Waals surface area contributed by atoms with E-state index in [0.29, 0.717) is 5.56 Å². The number of hydrazone groups is 1. The van der Waals surface area contributed by atoms with Gasteiger partial charge in [-0.05, 0) is 43.7 Å². The van der Waals surface area contributed by atoms with E-state index in [1.54, 1.807) is 24.5 Å². The van der Waals surface area contributed by atoms with Crippen LogP contribution < -0.4 is 15.6 Å². The van der Waals surface area contributed by atoms with Gasteiger partial charge < -0.3 is 10.2 Å². The quantitative estimate of drug-likeness (QED) is 0.560. The summed E-state index contributed by atoms with van der Waals surface area (Å²) in [7, 11) is 0. The molecule has 0 atom stereocenters. The Morgan fingerprint density at radius 1 is 1.15 bits per heavy atom. The van der Waals surface area contributed by atoms with Gasteiger partial charge in [0.15, 0.2) is 0 Å². The van der Waals surface area contributed by atoms with E-state index in [1.165, 1.54) is 6.20 Å². The number of hydrogen-bond donors (Lipinski definition) is 2. The van der Waals surface area contributed by atoms with Crippen LogP contribution in [0.25, 0.3) is 0 Å². The molecule has 0 bridgehead atoms. The van der Waals surface area contributed by atoms with Crippen LogP contribution in [0.2, 0.25) is 0 Å². The molecular weight excluding hydrogens is 330 g/mol. The lowest BCUT2D eigenvalue weighted by Crippen LogP contribution is -2.34. The molecule has 0 aliphatic carbocycles. The Balaban J connectivity index is 1.79. The molecule has 2 N–H and O–H groups in total. The molecule has 2 rings (SSSR count). The minimum absolute atomic E-state index is 0.161. The minimum Gasteiger partial charge on any atom is -0.372 e. The molecule has 0 unspecified atom stereocenters. The van der Waals surface area contributed by atoms with Crippen LogP contribution >= 0.6 is 0 Å². The van der Waals surface area contributed by atoms with Gasteiger partial charge >= 0.3 is 0 Å². The lowest BCUT2D eigenvalue weighted by molar-refractivity contribution is -0.120. The summed E-state index contributed by atoms with van der Waals surface area (Å²) >= 11 is 0. The molecule has 0 spiro atoms. The van der Waals surface area contributed by atoms with Crippen molar-refractivity contribution in [3.63, 3.8) is 0 Å². The van der Waals surface area contributed by atoms with Gasteiger partial charge in [-0.3, -0.25) is 14.6 Å². The first-order valence-electron chi connectivity index (χ1n) is 8.49. The zero-order valence-electron chi connectivity index (χ0n) is 15.0. The van der Waals surface area contributed by atoms with Crippen molar-refractivity contribution in [1.82, 2.24) is 15.7 Å². The molecule has 0 radical (unpaired) electrons. The molecule has 1 aromatic heterocycles. The smallest absolute Gasteiger partial charge is 0.259 e. The Morgan fingerprint density at radius 3 is 2.50 bits per heavy atom. The Hall–Kier alpha value is -3.22. The third-order valence-corrected chi connectivity index (χ3v) is 3.76. The molecule has 26 heavy (non-hydrogen) atoms. The molecule has 7 heteroatoms. The summed E-state index contributed by atoms with van der Waals surface area (Å²) in [6.07, 6.45) is 4.58. The molecule has 0 aliphatic heterocycles. The third kappa shape index (κ3) is 5.70. The summed E-state index contributed by atoms with van der Waals surface area (Å²) in [5, 5.41) is 6.42. The number of pyridine rings is 1. The maximum absolute atomic E-state index is 11.8. The minimum atomic E-state index is -0.404. The largest absolute Gasteiger partial charge is 0.372 e. The van der Waals surface area contributed by atoms with Gasteiger partial charge in [-0.1, -0.05) is 12.1 Å². The standard InChI is InChI=1S/C19H23N5O2/c1-3-24(4-2)17-9-7-15(8-10-17)12-22-23-18(25)14-21-19(26)16-6-5-11-20-13-16/h5-13H,3-4,14H2,1-2H3,(H,21,26)(H,23,25). The molecule has 1 heterocycles. The van der Waals surface area contributed by atoms with Crippen LogP contribution in [0, 0.1) is 0 Å². The van der Waals surface area contributed by atoms with Crippen molar-refractivity contribution in [3.8, 4) is 0 Å². The second-order valence-electron chi connectivity index (χ2n) is 5.48. The van der Waals surface area contributed by atoms with E-state index < -0.39 is 5.91 Å². The zero-order valence-corrected chi connectivity index (χ0v) is 15.0. The van der Waals surface area contributed by atoms with Gasteiger partial charge in [-0.15, -0.1) is 0 Å². The Bertz CT molecular complexity index is 740. The highest BCUT2D eigenvalue weighted by Crippen LogP contribution is 2.13. The fraction of sp³-hybridized carbons (Fsp3) is 0.263. The molecule has 0 saturated carbocycles. The van der Waals surface area contributed by atoms with Gasteiger partial charge in [0.2, 0.25) is 0 Å². The van der Waals surface area contributed by atoms with Gasteiger partial charge in [-0.2, -0.15) is 5.10 Å². The van der Waals surface area contributed by atoms with Crippen molar-refractivity contribution >= 4 is 23.7 Å². The number of benzene rings is 1. The lowest BCUT2D eigenvalue weighted by atomic mass is 10.2. The molecule has 2 aromatic rings. The molecular formula is C19H23N5O2. The molecule has 2 amide bonds. The Kier molecular flexibility index (Phi) is 7.30. The first kappa shape index (κ1) is 19.1. The maximum Gasteiger partial charge on any atom is 0.259 e. The van der Waals surface area contributed by atoms with Crippen LogP contribution in [-0.4, -0.2) is 42.6 Å². The van der Waals surface area contributed by atoms with E-state index in [9.17, 15) is 9.59 Å². The number of anilines is 1. The SMILES string of the molecule is CCN(CC)c1ccc(C=NNC(=O)CNC(=O)c2cccnc2)cc1. The number of nitrogens with one attached hydrogen (secondary N) is 2. The monoisotopic (exact) mass is 353 g/mol.